The van der Waals surface area contributed by atoms with Crippen LogP contribution in [-0.2, 0) is 4.74 Å². The molecule has 1 amide bonds. The van der Waals surface area contributed by atoms with E-state index in [1.165, 1.54) is 12.1 Å². The first-order valence-electron chi connectivity index (χ1n) is 8.26. The van der Waals surface area contributed by atoms with Crippen LogP contribution in [0.5, 0.6) is 0 Å². The van der Waals surface area contributed by atoms with Gasteiger partial charge in [-0.2, -0.15) is 0 Å². The van der Waals surface area contributed by atoms with Crippen LogP contribution in [-0.4, -0.2) is 24.8 Å². The van der Waals surface area contributed by atoms with E-state index in [4.69, 9.17) is 4.74 Å². The highest BCUT2D eigenvalue weighted by atomic mass is 19.1. The van der Waals surface area contributed by atoms with Crippen molar-refractivity contribution in [3.8, 4) is 0 Å². The van der Waals surface area contributed by atoms with Gasteiger partial charge in [-0.3, -0.25) is 5.32 Å². The van der Waals surface area contributed by atoms with Crippen molar-refractivity contribution < 1.29 is 13.9 Å². The van der Waals surface area contributed by atoms with Crippen molar-refractivity contribution >= 4 is 11.8 Å². The standard InChI is InChI=1S/C18H27FN2O2/c1-12(13-7-9-20-10-8-13)15-11-14(19)5-6-16(15)21-17(22)23-18(2,3)4/h5-6,11-13,20H,7-10H2,1-4H3,(H,21,22). The quantitative estimate of drug-likeness (QED) is 0.873. The third-order valence-electron chi connectivity index (χ3n) is 4.23. The van der Waals surface area contributed by atoms with Crippen LogP contribution in [0.3, 0.4) is 0 Å². The van der Waals surface area contributed by atoms with E-state index in [0.29, 0.717) is 11.6 Å². The molecule has 23 heavy (non-hydrogen) atoms. The van der Waals surface area contributed by atoms with E-state index >= 15 is 0 Å². The fourth-order valence-corrected chi connectivity index (χ4v) is 3.04. The van der Waals surface area contributed by atoms with Gasteiger partial charge in [0.05, 0.1) is 0 Å². The average Bonchev–Trinajstić information content (AvgIpc) is 2.47. The third-order valence-corrected chi connectivity index (χ3v) is 4.23. The van der Waals surface area contributed by atoms with Crippen LogP contribution in [0.15, 0.2) is 18.2 Å². The Morgan fingerprint density at radius 1 is 1.35 bits per heavy atom. The Bertz CT molecular complexity index is 548. The van der Waals surface area contributed by atoms with Crippen molar-refractivity contribution in [3.05, 3.63) is 29.6 Å². The van der Waals surface area contributed by atoms with E-state index < -0.39 is 11.7 Å². The van der Waals surface area contributed by atoms with Crippen LogP contribution in [0.2, 0.25) is 0 Å². The highest BCUT2D eigenvalue weighted by Gasteiger charge is 2.25. The first-order valence-corrected chi connectivity index (χ1v) is 8.26. The topological polar surface area (TPSA) is 50.4 Å². The zero-order chi connectivity index (χ0) is 17.0. The van der Waals surface area contributed by atoms with Gasteiger partial charge in [0, 0.05) is 5.69 Å². The van der Waals surface area contributed by atoms with E-state index in [1.807, 2.05) is 20.8 Å². The lowest BCUT2D eigenvalue weighted by Gasteiger charge is -2.30. The van der Waals surface area contributed by atoms with E-state index in [1.54, 1.807) is 6.07 Å². The van der Waals surface area contributed by atoms with E-state index in [0.717, 1.165) is 31.5 Å². The molecular formula is C18H27FN2O2. The van der Waals surface area contributed by atoms with Crippen LogP contribution in [0.4, 0.5) is 14.9 Å². The first-order chi connectivity index (χ1) is 10.8. The van der Waals surface area contributed by atoms with Crippen molar-refractivity contribution in [2.24, 2.45) is 5.92 Å². The zero-order valence-electron chi connectivity index (χ0n) is 14.4. The lowest BCUT2D eigenvalue weighted by atomic mass is 9.81. The smallest absolute Gasteiger partial charge is 0.412 e. The number of hydrogen-bond acceptors (Lipinski definition) is 3. The number of ether oxygens (including phenoxy) is 1. The maximum Gasteiger partial charge on any atom is 0.412 e. The molecule has 1 saturated heterocycles. The summed E-state index contributed by atoms with van der Waals surface area (Å²) >= 11 is 0. The van der Waals surface area contributed by atoms with Crippen LogP contribution in [0.25, 0.3) is 0 Å². The predicted molar refractivity (Wildman–Crippen MR) is 90.3 cm³/mol. The normalized spacial score (nSPS) is 17.6. The number of carbonyl (C=O) groups is 1. The van der Waals surface area contributed by atoms with Crippen LogP contribution < -0.4 is 10.6 Å². The molecule has 1 aromatic carbocycles. The van der Waals surface area contributed by atoms with Gasteiger partial charge >= 0.3 is 6.09 Å². The molecule has 5 heteroatoms. The number of halogens is 1. The molecule has 1 unspecified atom stereocenters. The summed E-state index contributed by atoms with van der Waals surface area (Å²) < 4.78 is 19.0. The molecule has 2 rings (SSSR count). The molecule has 1 heterocycles. The molecule has 1 aliphatic rings. The molecule has 0 spiro atoms. The number of carbonyl (C=O) groups excluding carboxylic acids is 1. The molecule has 0 saturated carbocycles. The maximum atomic E-state index is 13.7. The maximum absolute atomic E-state index is 13.7. The Morgan fingerprint density at radius 2 is 2.00 bits per heavy atom. The van der Waals surface area contributed by atoms with Crippen LogP contribution in [0.1, 0.15) is 52.0 Å². The van der Waals surface area contributed by atoms with E-state index in [-0.39, 0.29) is 11.7 Å². The average molecular weight is 322 g/mol. The number of nitrogens with one attached hydrogen (secondary N) is 2. The van der Waals surface area contributed by atoms with Gasteiger partial charge in [0.2, 0.25) is 0 Å². The summed E-state index contributed by atoms with van der Waals surface area (Å²) in [6, 6.07) is 4.51. The molecule has 0 aliphatic carbocycles. The van der Waals surface area contributed by atoms with Crippen molar-refractivity contribution in [2.75, 3.05) is 18.4 Å². The molecular weight excluding hydrogens is 295 g/mol. The van der Waals surface area contributed by atoms with Gasteiger partial charge in [-0.15, -0.1) is 0 Å². The van der Waals surface area contributed by atoms with Crippen LogP contribution in [0, 0.1) is 11.7 Å². The summed E-state index contributed by atoms with van der Waals surface area (Å²) in [6.45, 7) is 9.52. The minimum atomic E-state index is -0.565. The minimum absolute atomic E-state index is 0.178. The third kappa shape index (κ3) is 5.20. The second kappa shape index (κ2) is 7.30. The summed E-state index contributed by atoms with van der Waals surface area (Å²) in [7, 11) is 0. The second-order valence-electron chi connectivity index (χ2n) is 7.23. The van der Waals surface area contributed by atoms with Crippen molar-refractivity contribution in [2.45, 2.75) is 52.1 Å². The Kier molecular flexibility index (Phi) is 5.63. The Balaban J connectivity index is 2.18. The predicted octanol–water partition coefficient (Wildman–Crippen LogP) is 4.28. The number of piperidine rings is 1. The summed E-state index contributed by atoms with van der Waals surface area (Å²) in [5.74, 6) is 0.380. The number of benzene rings is 1. The SMILES string of the molecule is CC(c1cc(F)ccc1NC(=O)OC(C)(C)C)C1CCNCC1. The Labute approximate surface area is 137 Å². The van der Waals surface area contributed by atoms with Gasteiger partial charge in [0.15, 0.2) is 0 Å². The highest BCUT2D eigenvalue weighted by Crippen LogP contribution is 2.35. The van der Waals surface area contributed by atoms with Crippen molar-refractivity contribution in [3.63, 3.8) is 0 Å². The summed E-state index contributed by atoms with van der Waals surface area (Å²) in [5, 5.41) is 6.11. The molecule has 1 aromatic rings. The first kappa shape index (κ1) is 17.7. The molecule has 0 aromatic heterocycles. The minimum Gasteiger partial charge on any atom is -0.444 e. The van der Waals surface area contributed by atoms with Crippen molar-refractivity contribution in [1.82, 2.24) is 5.32 Å². The van der Waals surface area contributed by atoms with E-state index in [9.17, 15) is 9.18 Å². The molecule has 0 bridgehead atoms. The summed E-state index contributed by atoms with van der Waals surface area (Å²) in [4.78, 5) is 12.0. The van der Waals surface area contributed by atoms with Gasteiger partial charge < -0.3 is 10.1 Å². The zero-order valence-corrected chi connectivity index (χ0v) is 14.4. The van der Waals surface area contributed by atoms with Gasteiger partial charge in [-0.1, -0.05) is 6.92 Å². The molecule has 1 atom stereocenters. The van der Waals surface area contributed by atoms with Gasteiger partial charge in [0.1, 0.15) is 11.4 Å². The van der Waals surface area contributed by atoms with Gasteiger partial charge in [-0.25, -0.2) is 9.18 Å². The second-order valence-corrected chi connectivity index (χ2v) is 7.23. The summed E-state index contributed by atoms with van der Waals surface area (Å²) in [5.41, 5.74) is 0.903. The Hall–Kier alpha value is -1.62. The monoisotopic (exact) mass is 322 g/mol. The van der Waals surface area contributed by atoms with Crippen LogP contribution >= 0.6 is 0 Å². The molecule has 2 N–H and O–H groups in total. The molecule has 0 radical (unpaired) electrons. The fraction of sp³-hybridized carbons (Fsp3) is 0.611. The number of rotatable bonds is 3. The largest absolute Gasteiger partial charge is 0.444 e. The lowest BCUT2D eigenvalue weighted by molar-refractivity contribution is 0.0635. The highest BCUT2D eigenvalue weighted by molar-refractivity contribution is 5.86. The van der Waals surface area contributed by atoms with Gasteiger partial charge in [-0.05, 0) is 82.3 Å². The Morgan fingerprint density at radius 3 is 2.61 bits per heavy atom. The number of anilines is 1. The molecule has 1 aliphatic heterocycles. The molecule has 128 valence electrons. The molecule has 4 nitrogen and oxygen atoms in total. The molecule has 1 fully saturated rings. The van der Waals surface area contributed by atoms with Gasteiger partial charge in [0.25, 0.3) is 0 Å². The number of hydrogen-bond donors (Lipinski definition) is 2. The van der Waals surface area contributed by atoms with E-state index in [2.05, 4.69) is 17.6 Å². The lowest BCUT2D eigenvalue weighted by Crippen LogP contribution is -2.31. The summed E-state index contributed by atoms with van der Waals surface area (Å²) in [6.07, 6.45) is 1.61. The fourth-order valence-electron chi connectivity index (χ4n) is 3.04. The number of amides is 1. The van der Waals surface area contributed by atoms with Crippen molar-refractivity contribution in [1.29, 1.82) is 0 Å².